The van der Waals surface area contributed by atoms with Crippen LogP contribution in [0, 0.1) is 6.92 Å². The third kappa shape index (κ3) is 3.47. The molecule has 120 valence electrons. The topological polar surface area (TPSA) is 43.8 Å². The van der Waals surface area contributed by atoms with Gasteiger partial charge in [0.25, 0.3) is 5.91 Å². The maximum Gasteiger partial charge on any atom is 0.255 e. The first kappa shape index (κ1) is 15.8. The first-order chi connectivity index (χ1) is 10.6. The van der Waals surface area contributed by atoms with Crippen LogP contribution in [0.3, 0.4) is 0 Å². The van der Waals surface area contributed by atoms with E-state index in [0.717, 1.165) is 38.5 Å². The van der Waals surface area contributed by atoms with Gasteiger partial charge in [0.05, 0.1) is 0 Å². The van der Waals surface area contributed by atoms with Gasteiger partial charge in [-0.15, -0.1) is 0 Å². The number of aliphatic hydroxyl groups is 1. The number of hydrogen-bond acceptors (Lipinski definition) is 4. The number of thioether (sulfide) groups is 1. The van der Waals surface area contributed by atoms with Crippen LogP contribution in [-0.2, 0) is 11.3 Å². The number of aryl methyl sites for hydroxylation is 1. The van der Waals surface area contributed by atoms with E-state index in [-0.39, 0.29) is 5.91 Å². The van der Waals surface area contributed by atoms with Crippen molar-refractivity contribution in [2.75, 3.05) is 37.7 Å². The van der Waals surface area contributed by atoms with Crippen LogP contribution < -0.4 is 0 Å². The molecule has 1 amide bonds. The molecular formula is C17H24N2O2S. The highest BCUT2D eigenvalue weighted by molar-refractivity contribution is 7.99. The summed E-state index contributed by atoms with van der Waals surface area (Å²) in [4.78, 5) is 16.7. The minimum Gasteiger partial charge on any atom is -0.379 e. The molecule has 2 heterocycles. The van der Waals surface area contributed by atoms with Crippen LogP contribution in [0.2, 0.25) is 0 Å². The molecule has 0 spiro atoms. The zero-order chi connectivity index (χ0) is 15.6. The summed E-state index contributed by atoms with van der Waals surface area (Å²) in [6, 6.07) is 8.58. The van der Waals surface area contributed by atoms with Gasteiger partial charge in [-0.2, -0.15) is 11.8 Å². The largest absolute Gasteiger partial charge is 0.379 e. The van der Waals surface area contributed by atoms with Crippen LogP contribution >= 0.6 is 11.8 Å². The fourth-order valence-electron chi connectivity index (χ4n) is 3.19. The molecule has 0 aromatic heterocycles. The van der Waals surface area contributed by atoms with E-state index in [9.17, 15) is 9.90 Å². The quantitative estimate of drug-likeness (QED) is 0.917. The van der Waals surface area contributed by atoms with Gasteiger partial charge in [0, 0.05) is 38.5 Å². The van der Waals surface area contributed by atoms with Gasteiger partial charge in [-0.3, -0.25) is 9.69 Å². The number of hydrogen-bond donors (Lipinski definition) is 1. The zero-order valence-electron chi connectivity index (χ0n) is 13.1. The fourth-order valence-corrected chi connectivity index (χ4v) is 4.43. The Kier molecular flexibility index (Phi) is 4.76. The Labute approximate surface area is 136 Å². The molecule has 22 heavy (non-hydrogen) atoms. The van der Waals surface area contributed by atoms with Crippen molar-refractivity contribution in [3.8, 4) is 0 Å². The molecule has 4 nitrogen and oxygen atoms in total. The highest BCUT2D eigenvalue weighted by atomic mass is 32.2. The second-order valence-electron chi connectivity index (χ2n) is 6.39. The van der Waals surface area contributed by atoms with Crippen molar-refractivity contribution in [3.63, 3.8) is 0 Å². The van der Waals surface area contributed by atoms with Crippen LogP contribution in [0.15, 0.2) is 24.3 Å². The summed E-state index contributed by atoms with van der Waals surface area (Å²) in [7, 11) is 0. The van der Waals surface area contributed by atoms with Gasteiger partial charge in [0.1, 0.15) is 0 Å². The number of amides is 1. The van der Waals surface area contributed by atoms with E-state index in [0.29, 0.717) is 12.2 Å². The monoisotopic (exact) mass is 320 g/mol. The predicted molar refractivity (Wildman–Crippen MR) is 89.9 cm³/mol. The van der Waals surface area contributed by atoms with Gasteiger partial charge in [-0.25, -0.2) is 0 Å². The van der Waals surface area contributed by atoms with Crippen molar-refractivity contribution in [1.29, 1.82) is 0 Å². The van der Waals surface area contributed by atoms with Gasteiger partial charge >= 0.3 is 0 Å². The normalized spacial score (nSPS) is 26.4. The lowest BCUT2D eigenvalue weighted by Gasteiger charge is -2.37. The Balaban J connectivity index is 1.53. The summed E-state index contributed by atoms with van der Waals surface area (Å²) in [5, 5.41) is 10.4. The molecule has 1 aromatic carbocycles. The average molecular weight is 320 g/mol. The minimum atomic E-state index is -1.11. The minimum absolute atomic E-state index is 0.0623. The van der Waals surface area contributed by atoms with Gasteiger partial charge < -0.3 is 10.0 Å². The maximum absolute atomic E-state index is 12.5. The first-order valence-electron chi connectivity index (χ1n) is 7.94. The van der Waals surface area contributed by atoms with Crippen molar-refractivity contribution >= 4 is 17.7 Å². The molecule has 2 aliphatic heterocycles. The van der Waals surface area contributed by atoms with Crippen molar-refractivity contribution in [2.45, 2.75) is 25.5 Å². The van der Waals surface area contributed by atoms with Gasteiger partial charge in [0.2, 0.25) is 0 Å². The summed E-state index contributed by atoms with van der Waals surface area (Å²) in [5.74, 6) is 1.37. The van der Waals surface area contributed by atoms with Crippen molar-refractivity contribution in [3.05, 3.63) is 35.4 Å². The first-order valence-corrected chi connectivity index (χ1v) is 9.10. The van der Waals surface area contributed by atoms with E-state index in [2.05, 4.69) is 36.1 Å². The van der Waals surface area contributed by atoms with Crippen LogP contribution in [0.25, 0.3) is 0 Å². The highest BCUT2D eigenvalue weighted by Gasteiger charge is 2.42. The lowest BCUT2D eigenvalue weighted by Crippen LogP contribution is -2.55. The van der Waals surface area contributed by atoms with Gasteiger partial charge in [-0.05, 0) is 24.7 Å². The molecular weight excluding hydrogens is 296 g/mol. The van der Waals surface area contributed by atoms with Crippen molar-refractivity contribution in [1.82, 2.24) is 9.80 Å². The molecule has 0 radical (unpaired) electrons. The Bertz CT molecular complexity index is 535. The predicted octanol–water partition coefficient (Wildman–Crippen LogP) is 1.51. The molecule has 1 N–H and O–H groups in total. The second kappa shape index (κ2) is 6.60. The molecule has 0 saturated carbocycles. The maximum atomic E-state index is 12.5. The van der Waals surface area contributed by atoms with Crippen molar-refractivity contribution in [2.24, 2.45) is 0 Å². The molecule has 5 heteroatoms. The number of nitrogens with zero attached hydrogens (tertiary/aromatic N) is 2. The number of carbonyl (C=O) groups excluding carboxylic acids is 1. The van der Waals surface area contributed by atoms with E-state index in [1.807, 2.05) is 4.90 Å². The summed E-state index contributed by atoms with van der Waals surface area (Å²) in [5.41, 5.74) is 1.50. The SMILES string of the molecule is Cc1cccc(CN2CCN(C(=O)C3(O)CCSC3)CC2)c1. The lowest BCUT2D eigenvalue weighted by atomic mass is 10.0. The highest BCUT2D eigenvalue weighted by Crippen LogP contribution is 2.30. The Hall–Kier alpha value is -1.04. The zero-order valence-corrected chi connectivity index (χ0v) is 13.9. The van der Waals surface area contributed by atoms with Crippen LogP contribution in [-0.4, -0.2) is 64.1 Å². The Morgan fingerprint density at radius 3 is 2.73 bits per heavy atom. The fraction of sp³-hybridized carbons (Fsp3) is 0.588. The summed E-state index contributed by atoms with van der Waals surface area (Å²) < 4.78 is 0. The molecule has 2 aliphatic rings. The number of piperazine rings is 1. The molecule has 1 aromatic rings. The molecule has 2 saturated heterocycles. The van der Waals surface area contributed by atoms with E-state index >= 15 is 0 Å². The van der Waals surface area contributed by atoms with E-state index in [4.69, 9.17) is 0 Å². The standard InChI is InChI=1S/C17H24N2O2S/c1-14-3-2-4-15(11-14)12-18-6-8-19(9-7-18)16(20)17(21)5-10-22-13-17/h2-4,11,21H,5-10,12-13H2,1H3. The Morgan fingerprint density at radius 2 is 2.09 bits per heavy atom. The van der Waals surface area contributed by atoms with Gasteiger partial charge in [0.15, 0.2) is 5.60 Å². The Morgan fingerprint density at radius 1 is 1.32 bits per heavy atom. The molecule has 0 aliphatic carbocycles. The summed E-state index contributed by atoms with van der Waals surface area (Å²) >= 11 is 1.67. The average Bonchev–Trinajstić information content (AvgIpc) is 2.95. The van der Waals surface area contributed by atoms with Gasteiger partial charge in [-0.1, -0.05) is 29.8 Å². The third-order valence-electron chi connectivity index (χ3n) is 4.55. The van der Waals surface area contributed by atoms with Crippen LogP contribution in [0.5, 0.6) is 0 Å². The lowest BCUT2D eigenvalue weighted by molar-refractivity contribution is -0.150. The molecule has 1 unspecified atom stereocenters. The van der Waals surface area contributed by atoms with Crippen LogP contribution in [0.4, 0.5) is 0 Å². The number of rotatable bonds is 3. The van der Waals surface area contributed by atoms with E-state index < -0.39 is 5.60 Å². The smallest absolute Gasteiger partial charge is 0.255 e. The van der Waals surface area contributed by atoms with E-state index in [1.165, 1.54) is 11.1 Å². The third-order valence-corrected chi connectivity index (χ3v) is 5.72. The molecule has 2 fully saturated rings. The number of benzene rings is 1. The molecule has 1 atom stereocenters. The second-order valence-corrected chi connectivity index (χ2v) is 7.50. The van der Waals surface area contributed by atoms with Crippen LogP contribution in [0.1, 0.15) is 17.5 Å². The summed E-state index contributed by atoms with van der Waals surface area (Å²) in [6.45, 7) is 6.24. The van der Waals surface area contributed by atoms with E-state index in [1.54, 1.807) is 11.8 Å². The molecule has 0 bridgehead atoms. The summed E-state index contributed by atoms with van der Waals surface area (Å²) in [6.07, 6.45) is 0.597. The van der Waals surface area contributed by atoms with Crippen molar-refractivity contribution < 1.29 is 9.90 Å². The molecule has 3 rings (SSSR count). The number of carbonyl (C=O) groups is 1.